The molecule has 0 aromatic heterocycles. The van der Waals surface area contributed by atoms with Crippen molar-refractivity contribution in [2.24, 2.45) is 0 Å². The van der Waals surface area contributed by atoms with Crippen LogP contribution in [0.1, 0.15) is 23.6 Å². The molecule has 1 radical (unpaired) electrons. The Hall–Kier alpha value is 0.124. The SMILES string of the molecule is CCOc1cc(C)[c-]c(C)c1C.[Y]. The van der Waals surface area contributed by atoms with Crippen molar-refractivity contribution in [3.05, 3.63) is 28.8 Å². The standard InChI is InChI=1S/C11H15O.Y/c1-5-12-11-7-8(2)6-9(3)10(11)4;/h7H,5H2,1-4H3;/q-1;. The molecule has 1 rings (SSSR count). The van der Waals surface area contributed by atoms with E-state index in [9.17, 15) is 0 Å². The zero-order valence-electron chi connectivity index (χ0n) is 8.77. The molecule has 0 atom stereocenters. The maximum atomic E-state index is 5.48. The Bertz CT molecular complexity index is 282. The van der Waals surface area contributed by atoms with Crippen molar-refractivity contribution in [1.82, 2.24) is 0 Å². The van der Waals surface area contributed by atoms with Gasteiger partial charge in [-0.3, -0.25) is 0 Å². The van der Waals surface area contributed by atoms with Gasteiger partial charge in [-0.05, 0) is 6.92 Å². The normalized spacial score (nSPS) is 9.23. The summed E-state index contributed by atoms with van der Waals surface area (Å²) in [6.45, 7) is 8.89. The van der Waals surface area contributed by atoms with Crippen molar-refractivity contribution in [2.45, 2.75) is 27.7 Å². The summed E-state index contributed by atoms with van der Waals surface area (Å²) < 4.78 is 5.48. The zero-order chi connectivity index (χ0) is 9.14. The maximum absolute atomic E-state index is 5.48. The summed E-state index contributed by atoms with van der Waals surface area (Å²) in [5.74, 6) is 0.992. The Morgan fingerprint density at radius 2 is 1.92 bits per heavy atom. The van der Waals surface area contributed by atoms with Crippen LogP contribution < -0.4 is 4.74 Å². The molecule has 2 heteroatoms. The molecule has 0 saturated heterocycles. The van der Waals surface area contributed by atoms with E-state index >= 15 is 0 Å². The summed E-state index contributed by atoms with van der Waals surface area (Å²) in [4.78, 5) is 0. The second kappa shape index (κ2) is 5.77. The summed E-state index contributed by atoms with van der Waals surface area (Å²) in [7, 11) is 0. The fourth-order valence-electron chi connectivity index (χ4n) is 1.22. The first-order chi connectivity index (χ1) is 5.65. The molecule has 0 bridgehead atoms. The van der Waals surface area contributed by atoms with Crippen LogP contribution in [0.15, 0.2) is 6.07 Å². The molecular weight excluding hydrogens is 237 g/mol. The van der Waals surface area contributed by atoms with E-state index in [0.717, 1.165) is 17.9 Å². The molecule has 0 unspecified atom stereocenters. The van der Waals surface area contributed by atoms with Gasteiger partial charge in [-0.25, -0.2) is 0 Å². The number of hydrogen-bond donors (Lipinski definition) is 0. The van der Waals surface area contributed by atoms with Crippen LogP contribution in [-0.2, 0) is 32.7 Å². The van der Waals surface area contributed by atoms with Crippen molar-refractivity contribution in [3.8, 4) is 5.75 Å². The summed E-state index contributed by atoms with van der Waals surface area (Å²) in [6.07, 6.45) is 0. The van der Waals surface area contributed by atoms with Crippen molar-refractivity contribution < 1.29 is 37.4 Å². The first kappa shape index (κ1) is 13.1. The molecule has 0 amide bonds. The molecule has 0 aliphatic carbocycles. The number of aryl methyl sites for hydroxylation is 2. The molecule has 69 valence electrons. The van der Waals surface area contributed by atoms with Gasteiger partial charge >= 0.3 is 0 Å². The van der Waals surface area contributed by atoms with Crippen molar-refractivity contribution in [3.63, 3.8) is 0 Å². The van der Waals surface area contributed by atoms with Gasteiger partial charge in [0, 0.05) is 38.5 Å². The second-order valence-corrected chi connectivity index (χ2v) is 3.00. The fraction of sp³-hybridized carbons (Fsp3) is 0.455. The van der Waals surface area contributed by atoms with Gasteiger partial charge in [-0.2, -0.15) is 17.2 Å². The van der Waals surface area contributed by atoms with E-state index in [-0.39, 0.29) is 32.7 Å². The summed E-state index contributed by atoms with van der Waals surface area (Å²) >= 11 is 0. The first-order valence-electron chi connectivity index (χ1n) is 4.28. The molecule has 1 nitrogen and oxygen atoms in total. The van der Waals surface area contributed by atoms with E-state index < -0.39 is 0 Å². The molecule has 0 heterocycles. The minimum Gasteiger partial charge on any atom is -0.519 e. The minimum absolute atomic E-state index is 0. The maximum Gasteiger partial charge on any atom is 0.0822 e. The molecule has 0 spiro atoms. The van der Waals surface area contributed by atoms with E-state index in [1.54, 1.807) is 0 Å². The molecular formula is C11H15OY-. The number of ether oxygens (including phenoxy) is 1. The van der Waals surface area contributed by atoms with Gasteiger partial charge in [0.05, 0.1) is 6.61 Å². The van der Waals surface area contributed by atoms with Crippen LogP contribution >= 0.6 is 0 Å². The van der Waals surface area contributed by atoms with Crippen molar-refractivity contribution >= 4 is 0 Å². The van der Waals surface area contributed by atoms with E-state index in [1.165, 1.54) is 11.1 Å². The van der Waals surface area contributed by atoms with E-state index in [4.69, 9.17) is 4.74 Å². The molecule has 0 saturated carbocycles. The van der Waals surface area contributed by atoms with Crippen LogP contribution in [0.5, 0.6) is 5.75 Å². The van der Waals surface area contributed by atoms with Gasteiger partial charge in [0.25, 0.3) is 0 Å². The van der Waals surface area contributed by atoms with Crippen LogP contribution in [0, 0.1) is 26.8 Å². The zero-order valence-corrected chi connectivity index (χ0v) is 11.6. The topological polar surface area (TPSA) is 9.23 Å². The Morgan fingerprint density at radius 3 is 2.46 bits per heavy atom. The Morgan fingerprint density at radius 1 is 1.31 bits per heavy atom. The van der Waals surface area contributed by atoms with E-state index in [0.29, 0.717) is 0 Å². The third-order valence-electron chi connectivity index (χ3n) is 1.96. The fourth-order valence-corrected chi connectivity index (χ4v) is 1.22. The van der Waals surface area contributed by atoms with Gasteiger partial charge in [-0.15, -0.1) is 11.6 Å². The second-order valence-electron chi connectivity index (χ2n) is 3.00. The predicted octanol–water partition coefficient (Wildman–Crippen LogP) is 2.81. The van der Waals surface area contributed by atoms with E-state index in [2.05, 4.69) is 19.9 Å². The summed E-state index contributed by atoms with van der Waals surface area (Å²) in [5.41, 5.74) is 3.52. The van der Waals surface area contributed by atoms with Gasteiger partial charge in [0.2, 0.25) is 0 Å². The molecule has 0 aliphatic rings. The largest absolute Gasteiger partial charge is 0.519 e. The van der Waals surface area contributed by atoms with Crippen LogP contribution in [0.3, 0.4) is 0 Å². The quantitative estimate of drug-likeness (QED) is 0.735. The number of rotatable bonds is 2. The average molecular weight is 252 g/mol. The van der Waals surface area contributed by atoms with Gasteiger partial charge < -0.3 is 4.74 Å². The van der Waals surface area contributed by atoms with Gasteiger partial charge in [0.15, 0.2) is 0 Å². The molecule has 1 aromatic rings. The van der Waals surface area contributed by atoms with Crippen LogP contribution in [0.25, 0.3) is 0 Å². The molecule has 0 N–H and O–H groups in total. The Labute approximate surface area is 106 Å². The van der Waals surface area contributed by atoms with E-state index in [1.807, 2.05) is 19.9 Å². The molecule has 13 heavy (non-hydrogen) atoms. The van der Waals surface area contributed by atoms with Gasteiger partial charge in [-0.1, -0.05) is 20.8 Å². The third-order valence-corrected chi connectivity index (χ3v) is 1.96. The van der Waals surface area contributed by atoms with Crippen molar-refractivity contribution in [2.75, 3.05) is 6.61 Å². The summed E-state index contributed by atoms with van der Waals surface area (Å²) in [6, 6.07) is 5.29. The van der Waals surface area contributed by atoms with Crippen LogP contribution in [0.2, 0.25) is 0 Å². The van der Waals surface area contributed by atoms with Crippen molar-refractivity contribution in [1.29, 1.82) is 0 Å². The number of hydrogen-bond acceptors (Lipinski definition) is 1. The Kier molecular flexibility index (Phi) is 5.83. The average Bonchev–Trinajstić information content (AvgIpc) is 2.00. The molecule has 0 fully saturated rings. The summed E-state index contributed by atoms with van der Waals surface area (Å²) in [5, 5.41) is 0. The predicted molar refractivity (Wildman–Crippen MR) is 50.7 cm³/mol. The van der Waals surface area contributed by atoms with Crippen LogP contribution in [0.4, 0.5) is 0 Å². The minimum atomic E-state index is 0. The monoisotopic (exact) mass is 252 g/mol. The third kappa shape index (κ3) is 3.40. The smallest absolute Gasteiger partial charge is 0.0822 e. The molecule has 1 aromatic carbocycles. The Balaban J connectivity index is 0.00000144. The first-order valence-corrected chi connectivity index (χ1v) is 4.28. The number of benzene rings is 1. The van der Waals surface area contributed by atoms with Crippen LogP contribution in [-0.4, -0.2) is 6.61 Å². The molecule has 0 aliphatic heterocycles. The van der Waals surface area contributed by atoms with Gasteiger partial charge in [0.1, 0.15) is 0 Å².